The van der Waals surface area contributed by atoms with Gasteiger partial charge in [0.2, 0.25) is 0 Å². The molecule has 0 aliphatic carbocycles. The summed E-state index contributed by atoms with van der Waals surface area (Å²) in [4.78, 5) is 3.22. The lowest BCUT2D eigenvalue weighted by Crippen LogP contribution is -2.40. The second-order valence-corrected chi connectivity index (χ2v) is 6.45. The van der Waals surface area contributed by atoms with Crippen molar-refractivity contribution in [1.29, 1.82) is 0 Å². The third-order valence-electron chi connectivity index (χ3n) is 3.88. The topological polar surface area (TPSA) is 29.3 Å². The van der Waals surface area contributed by atoms with Crippen LogP contribution >= 0.6 is 11.8 Å². The first-order valence-electron chi connectivity index (χ1n) is 7.02. The number of hydrogen-bond acceptors (Lipinski definition) is 3. The van der Waals surface area contributed by atoms with Gasteiger partial charge in [0.1, 0.15) is 5.82 Å². The van der Waals surface area contributed by atoms with Gasteiger partial charge in [-0.3, -0.25) is 0 Å². The highest BCUT2D eigenvalue weighted by atomic mass is 32.2. The first kappa shape index (κ1) is 14.8. The molecule has 2 N–H and O–H groups in total. The van der Waals surface area contributed by atoms with Crippen molar-refractivity contribution in [2.75, 3.05) is 25.4 Å². The van der Waals surface area contributed by atoms with Crippen LogP contribution in [-0.4, -0.2) is 36.3 Å². The molecule has 1 aliphatic heterocycles. The van der Waals surface area contributed by atoms with E-state index in [0.29, 0.717) is 12.0 Å². The Labute approximate surface area is 119 Å². The van der Waals surface area contributed by atoms with E-state index in [-0.39, 0.29) is 5.82 Å². The van der Waals surface area contributed by atoms with Crippen LogP contribution < -0.4 is 5.73 Å². The zero-order chi connectivity index (χ0) is 13.7. The summed E-state index contributed by atoms with van der Waals surface area (Å²) >= 11 is 1.61. The van der Waals surface area contributed by atoms with Crippen molar-refractivity contribution < 1.29 is 4.39 Å². The summed E-state index contributed by atoms with van der Waals surface area (Å²) in [5.74, 6) is 1.52. The molecule has 0 saturated carbocycles. The smallest absolute Gasteiger partial charge is 0.136 e. The third kappa shape index (κ3) is 4.48. The predicted molar refractivity (Wildman–Crippen MR) is 79.9 cm³/mol. The van der Waals surface area contributed by atoms with Crippen molar-refractivity contribution in [3.8, 4) is 0 Å². The van der Waals surface area contributed by atoms with E-state index in [9.17, 15) is 4.39 Å². The monoisotopic (exact) mass is 282 g/mol. The standard InChI is InChI=1S/C15H23FN2S/c1-12(17)13-6-8-18(9-7-13)10-11-19-15-5-3-2-4-14(15)16/h2-5,12-13H,6-11,17H2,1H3. The van der Waals surface area contributed by atoms with Gasteiger partial charge < -0.3 is 10.6 Å². The highest BCUT2D eigenvalue weighted by Gasteiger charge is 2.21. The molecule has 0 spiro atoms. The summed E-state index contributed by atoms with van der Waals surface area (Å²) in [6.07, 6.45) is 2.39. The van der Waals surface area contributed by atoms with Crippen LogP contribution in [-0.2, 0) is 0 Å². The number of thioether (sulfide) groups is 1. The number of benzene rings is 1. The number of rotatable bonds is 5. The van der Waals surface area contributed by atoms with Crippen molar-refractivity contribution in [1.82, 2.24) is 4.90 Å². The summed E-state index contributed by atoms with van der Waals surface area (Å²) in [6.45, 7) is 5.40. The Morgan fingerprint density at radius 3 is 2.68 bits per heavy atom. The summed E-state index contributed by atoms with van der Waals surface area (Å²) < 4.78 is 13.4. The largest absolute Gasteiger partial charge is 0.328 e. The molecule has 1 saturated heterocycles. The van der Waals surface area contributed by atoms with E-state index < -0.39 is 0 Å². The van der Waals surface area contributed by atoms with Crippen LogP contribution in [0.2, 0.25) is 0 Å². The molecule has 0 aromatic heterocycles. The minimum Gasteiger partial charge on any atom is -0.328 e. The summed E-state index contributed by atoms with van der Waals surface area (Å²) in [5, 5.41) is 0. The van der Waals surface area contributed by atoms with E-state index in [0.717, 1.165) is 30.3 Å². The fourth-order valence-electron chi connectivity index (χ4n) is 2.55. The molecule has 2 nitrogen and oxygen atoms in total. The van der Waals surface area contributed by atoms with Gasteiger partial charge in [-0.1, -0.05) is 12.1 Å². The van der Waals surface area contributed by atoms with Crippen LogP contribution in [0.25, 0.3) is 0 Å². The lowest BCUT2D eigenvalue weighted by atomic mass is 9.91. The van der Waals surface area contributed by atoms with Crippen molar-refractivity contribution in [2.45, 2.75) is 30.7 Å². The molecule has 1 aromatic carbocycles. The molecule has 1 aromatic rings. The van der Waals surface area contributed by atoms with Crippen LogP contribution in [0.3, 0.4) is 0 Å². The quantitative estimate of drug-likeness (QED) is 0.842. The van der Waals surface area contributed by atoms with Gasteiger partial charge in [0.15, 0.2) is 0 Å². The van der Waals surface area contributed by atoms with Gasteiger partial charge in [-0.2, -0.15) is 0 Å². The first-order valence-corrected chi connectivity index (χ1v) is 8.00. The van der Waals surface area contributed by atoms with Crippen LogP contribution in [0, 0.1) is 11.7 Å². The minimum absolute atomic E-state index is 0.108. The molecule has 1 atom stereocenters. The molecule has 19 heavy (non-hydrogen) atoms. The second kappa shape index (κ2) is 7.27. The summed E-state index contributed by atoms with van der Waals surface area (Å²) in [7, 11) is 0. The lowest BCUT2D eigenvalue weighted by molar-refractivity contribution is 0.181. The molecule has 4 heteroatoms. The van der Waals surface area contributed by atoms with Crippen LogP contribution in [0.4, 0.5) is 4.39 Å². The van der Waals surface area contributed by atoms with Crippen molar-refractivity contribution in [3.63, 3.8) is 0 Å². The molecule has 0 amide bonds. The number of hydrogen-bond donors (Lipinski definition) is 1. The SMILES string of the molecule is CC(N)C1CCN(CCSc2ccccc2F)CC1. The maximum Gasteiger partial charge on any atom is 0.136 e. The van der Waals surface area contributed by atoms with Crippen LogP contribution in [0.1, 0.15) is 19.8 Å². The van der Waals surface area contributed by atoms with Gasteiger partial charge in [-0.15, -0.1) is 11.8 Å². The molecular formula is C15H23FN2S. The van der Waals surface area contributed by atoms with Gasteiger partial charge in [0.05, 0.1) is 0 Å². The van der Waals surface area contributed by atoms with E-state index in [1.54, 1.807) is 17.8 Å². The Bertz CT molecular complexity index is 389. The average Bonchev–Trinajstić information content (AvgIpc) is 2.41. The molecule has 106 valence electrons. The van der Waals surface area contributed by atoms with Crippen molar-refractivity contribution in [3.05, 3.63) is 30.1 Å². The normalized spacial score (nSPS) is 19.5. The molecular weight excluding hydrogens is 259 g/mol. The lowest BCUT2D eigenvalue weighted by Gasteiger charge is -2.33. The molecule has 1 unspecified atom stereocenters. The Hall–Kier alpha value is -0.580. The van der Waals surface area contributed by atoms with Crippen molar-refractivity contribution in [2.24, 2.45) is 11.7 Å². The number of likely N-dealkylation sites (tertiary alicyclic amines) is 1. The first-order chi connectivity index (χ1) is 9.16. The minimum atomic E-state index is -0.108. The van der Waals surface area contributed by atoms with E-state index >= 15 is 0 Å². The van der Waals surface area contributed by atoms with Gasteiger partial charge in [-0.25, -0.2) is 4.39 Å². The number of nitrogens with zero attached hydrogens (tertiary/aromatic N) is 1. The predicted octanol–water partition coefficient (Wildman–Crippen LogP) is 2.98. The summed E-state index contributed by atoms with van der Waals surface area (Å²) in [6, 6.07) is 7.31. The molecule has 0 bridgehead atoms. The Kier molecular flexibility index (Phi) is 5.67. The maximum absolute atomic E-state index is 13.4. The van der Waals surface area contributed by atoms with Gasteiger partial charge in [0, 0.05) is 23.2 Å². The van der Waals surface area contributed by atoms with E-state index in [1.807, 2.05) is 12.1 Å². The van der Waals surface area contributed by atoms with E-state index in [1.165, 1.54) is 18.9 Å². The van der Waals surface area contributed by atoms with Gasteiger partial charge >= 0.3 is 0 Å². The zero-order valence-electron chi connectivity index (χ0n) is 11.5. The Balaban J connectivity index is 1.69. The van der Waals surface area contributed by atoms with Crippen LogP contribution in [0.15, 0.2) is 29.2 Å². The summed E-state index contributed by atoms with van der Waals surface area (Å²) in [5.41, 5.74) is 5.94. The third-order valence-corrected chi connectivity index (χ3v) is 4.91. The van der Waals surface area contributed by atoms with Gasteiger partial charge in [-0.05, 0) is 50.9 Å². The molecule has 1 fully saturated rings. The van der Waals surface area contributed by atoms with E-state index in [2.05, 4.69) is 11.8 Å². The number of piperidine rings is 1. The Morgan fingerprint density at radius 1 is 1.37 bits per heavy atom. The Morgan fingerprint density at radius 2 is 2.05 bits per heavy atom. The average molecular weight is 282 g/mol. The number of halogens is 1. The maximum atomic E-state index is 13.4. The fourth-order valence-corrected chi connectivity index (χ4v) is 3.50. The van der Waals surface area contributed by atoms with E-state index in [4.69, 9.17) is 5.73 Å². The number of nitrogens with two attached hydrogens (primary N) is 1. The van der Waals surface area contributed by atoms with Crippen molar-refractivity contribution >= 4 is 11.8 Å². The highest BCUT2D eigenvalue weighted by molar-refractivity contribution is 7.99. The molecule has 1 heterocycles. The second-order valence-electron chi connectivity index (χ2n) is 5.32. The molecule has 2 rings (SSSR count). The molecule has 0 radical (unpaired) electrons. The van der Waals surface area contributed by atoms with Crippen LogP contribution in [0.5, 0.6) is 0 Å². The highest BCUT2D eigenvalue weighted by Crippen LogP contribution is 2.23. The zero-order valence-corrected chi connectivity index (χ0v) is 12.3. The molecule has 1 aliphatic rings. The van der Waals surface area contributed by atoms with Gasteiger partial charge in [0.25, 0.3) is 0 Å². The fraction of sp³-hybridized carbons (Fsp3) is 0.600.